The highest BCUT2D eigenvalue weighted by atomic mass is 19.3. The number of rotatable bonds is 3. The Bertz CT molecular complexity index is 492. The molecular formula is C13H18BF2NO3. The lowest BCUT2D eigenvalue weighted by atomic mass is 9.84. The van der Waals surface area contributed by atoms with Gasteiger partial charge in [-0.05, 0) is 39.8 Å². The Morgan fingerprint density at radius 2 is 1.75 bits per heavy atom. The molecule has 1 fully saturated rings. The molecule has 1 N–H and O–H groups in total. The number of nitrogens with zero attached hydrogens (tertiary/aromatic N) is 1. The number of pyridine rings is 1. The van der Waals surface area contributed by atoms with Crippen LogP contribution in [0.15, 0.2) is 12.1 Å². The number of halogens is 2. The first-order valence-corrected chi connectivity index (χ1v) is 6.45. The highest BCUT2D eigenvalue weighted by molar-refractivity contribution is 6.61. The maximum Gasteiger partial charge on any atom is 0.514 e. The van der Waals surface area contributed by atoms with E-state index in [1.165, 1.54) is 12.1 Å². The van der Waals surface area contributed by atoms with Gasteiger partial charge in [0.15, 0.2) is 0 Å². The Balaban J connectivity index is 2.27. The fourth-order valence-electron chi connectivity index (χ4n) is 1.90. The van der Waals surface area contributed by atoms with E-state index in [4.69, 9.17) is 9.31 Å². The molecule has 110 valence electrons. The standard InChI is InChI=1S/C13H18BF2NO3/c1-12(2)13(3,4)20-14(19-12)10-6-5-9(18)8(17-10)7-11(15)16/h5-6,11,18H,7H2,1-4H3. The van der Waals surface area contributed by atoms with Crippen molar-refractivity contribution in [2.24, 2.45) is 0 Å². The van der Waals surface area contributed by atoms with Crippen LogP contribution in [0.2, 0.25) is 0 Å². The average molecular weight is 285 g/mol. The van der Waals surface area contributed by atoms with Crippen LogP contribution in [0.5, 0.6) is 5.75 Å². The molecule has 1 saturated heterocycles. The number of aromatic nitrogens is 1. The fourth-order valence-corrected chi connectivity index (χ4v) is 1.90. The summed E-state index contributed by atoms with van der Waals surface area (Å²) in [7, 11) is -0.725. The summed E-state index contributed by atoms with van der Waals surface area (Å²) in [6.45, 7) is 7.59. The maximum atomic E-state index is 12.4. The summed E-state index contributed by atoms with van der Waals surface area (Å²) < 4.78 is 36.5. The quantitative estimate of drug-likeness (QED) is 0.862. The highest BCUT2D eigenvalue weighted by Gasteiger charge is 2.52. The van der Waals surface area contributed by atoms with Crippen molar-refractivity contribution in [3.63, 3.8) is 0 Å². The van der Waals surface area contributed by atoms with E-state index < -0.39 is 31.2 Å². The molecule has 0 saturated carbocycles. The van der Waals surface area contributed by atoms with E-state index in [0.29, 0.717) is 5.59 Å². The first kappa shape index (κ1) is 15.2. The van der Waals surface area contributed by atoms with Crippen LogP contribution in [-0.4, -0.2) is 34.8 Å². The molecule has 0 aromatic carbocycles. The van der Waals surface area contributed by atoms with Gasteiger partial charge in [-0.15, -0.1) is 0 Å². The van der Waals surface area contributed by atoms with E-state index in [1.807, 2.05) is 27.7 Å². The summed E-state index contributed by atoms with van der Waals surface area (Å²) in [4.78, 5) is 4.05. The Hall–Kier alpha value is -1.21. The Labute approximate surface area is 117 Å². The van der Waals surface area contributed by atoms with Crippen LogP contribution in [-0.2, 0) is 15.7 Å². The largest absolute Gasteiger partial charge is 0.514 e. The first-order valence-electron chi connectivity index (χ1n) is 6.45. The number of hydrogen-bond acceptors (Lipinski definition) is 4. The van der Waals surface area contributed by atoms with Crippen LogP contribution >= 0.6 is 0 Å². The van der Waals surface area contributed by atoms with Crippen molar-refractivity contribution in [3.8, 4) is 5.75 Å². The molecule has 0 atom stereocenters. The minimum absolute atomic E-state index is 0.0489. The van der Waals surface area contributed by atoms with Crippen molar-refractivity contribution in [2.75, 3.05) is 0 Å². The van der Waals surface area contributed by atoms with Crippen LogP contribution in [0.4, 0.5) is 8.78 Å². The van der Waals surface area contributed by atoms with Gasteiger partial charge in [-0.25, -0.2) is 8.78 Å². The van der Waals surface area contributed by atoms with Gasteiger partial charge in [0.1, 0.15) is 5.75 Å². The molecule has 0 amide bonds. The van der Waals surface area contributed by atoms with Gasteiger partial charge in [0, 0.05) is 0 Å². The third kappa shape index (κ3) is 2.78. The monoisotopic (exact) mass is 285 g/mol. The number of hydrogen-bond donors (Lipinski definition) is 1. The van der Waals surface area contributed by atoms with Gasteiger partial charge in [-0.1, -0.05) is 0 Å². The van der Waals surface area contributed by atoms with Crippen molar-refractivity contribution in [1.82, 2.24) is 4.98 Å². The van der Waals surface area contributed by atoms with Crippen molar-refractivity contribution in [2.45, 2.75) is 51.7 Å². The summed E-state index contributed by atoms with van der Waals surface area (Å²) in [5.74, 6) is -0.245. The second-order valence-electron chi connectivity index (χ2n) is 5.89. The van der Waals surface area contributed by atoms with E-state index in [2.05, 4.69) is 4.98 Å². The fraction of sp³-hybridized carbons (Fsp3) is 0.615. The molecule has 7 heteroatoms. The van der Waals surface area contributed by atoms with Gasteiger partial charge in [-0.3, -0.25) is 4.98 Å². The van der Waals surface area contributed by atoms with Crippen molar-refractivity contribution >= 4 is 12.7 Å². The zero-order valence-electron chi connectivity index (χ0n) is 12.0. The normalized spacial score (nSPS) is 20.6. The predicted molar refractivity (Wildman–Crippen MR) is 71.3 cm³/mol. The summed E-state index contributed by atoms with van der Waals surface area (Å²) >= 11 is 0. The Morgan fingerprint density at radius 1 is 1.20 bits per heavy atom. The van der Waals surface area contributed by atoms with E-state index in [1.54, 1.807) is 0 Å². The second-order valence-corrected chi connectivity index (χ2v) is 5.89. The van der Waals surface area contributed by atoms with Crippen molar-refractivity contribution < 1.29 is 23.2 Å². The van der Waals surface area contributed by atoms with Gasteiger partial charge in [0.2, 0.25) is 6.43 Å². The molecule has 1 aromatic heterocycles. The molecule has 1 aliphatic rings. The van der Waals surface area contributed by atoms with Crippen molar-refractivity contribution in [1.29, 1.82) is 0 Å². The molecule has 2 heterocycles. The highest BCUT2D eigenvalue weighted by Crippen LogP contribution is 2.36. The number of alkyl halides is 2. The molecule has 0 spiro atoms. The average Bonchev–Trinajstić information content (AvgIpc) is 2.50. The van der Waals surface area contributed by atoms with Crippen LogP contribution < -0.4 is 5.59 Å². The predicted octanol–water partition coefficient (Wildman–Crippen LogP) is 1.89. The zero-order chi connectivity index (χ0) is 15.1. The molecular weight excluding hydrogens is 267 g/mol. The smallest absolute Gasteiger partial charge is 0.506 e. The van der Waals surface area contributed by atoms with E-state index in [9.17, 15) is 13.9 Å². The molecule has 0 radical (unpaired) electrons. The molecule has 20 heavy (non-hydrogen) atoms. The molecule has 0 bridgehead atoms. The van der Waals surface area contributed by atoms with Gasteiger partial charge in [0.25, 0.3) is 0 Å². The van der Waals surface area contributed by atoms with Crippen LogP contribution in [0.1, 0.15) is 33.4 Å². The lowest BCUT2D eigenvalue weighted by Crippen LogP contribution is -2.41. The van der Waals surface area contributed by atoms with Gasteiger partial charge < -0.3 is 14.4 Å². The molecule has 1 aliphatic heterocycles. The Morgan fingerprint density at radius 3 is 2.25 bits per heavy atom. The SMILES string of the molecule is CC1(C)OB(c2ccc(O)c(CC(F)F)n2)OC1(C)C. The second kappa shape index (κ2) is 4.97. The minimum Gasteiger partial charge on any atom is -0.506 e. The summed E-state index contributed by atoms with van der Waals surface area (Å²) in [6.07, 6.45) is -3.17. The first-order chi connectivity index (χ1) is 9.12. The minimum atomic E-state index is -2.57. The van der Waals surface area contributed by atoms with E-state index in [0.717, 1.165) is 0 Å². The van der Waals surface area contributed by atoms with Crippen LogP contribution in [0.3, 0.4) is 0 Å². The van der Waals surface area contributed by atoms with E-state index in [-0.39, 0.29) is 11.4 Å². The molecule has 0 aliphatic carbocycles. The van der Waals surface area contributed by atoms with Crippen molar-refractivity contribution in [3.05, 3.63) is 17.8 Å². The van der Waals surface area contributed by atoms with Gasteiger partial charge >= 0.3 is 7.12 Å². The third-order valence-corrected chi connectivity index (χ3v) is 3.81. The van der Waals surface area contributed by atoms with Gasteiger partial charge in [-0.2, -0.15) is 0 Å². The molecule has 4 nitrogen and oxygen atoms in total. The Kier molecular flexibility index (Phi) is 3.77. The van der Waals surface area contributed by atoms with E-state index >= 15 is 0 Å². The topological polar surface area (TPSA) is 51.6 Å². The van der Waals surface area contributed by atoms with Gasteiger partial charge in [0.05, 0.1) is 28.9 Å². The summed E-state index contributed by atoms with van der Waals surface area (Å²) in [5.41, 5.74) is -0.718. The zero-order valence-corrected chi connectivity index (χ0v) is 12.0. The lowest BCUT2D eigenvalue weighted by Gasteiger charge is -2.32. The van der Waals surface area contributed by atoms with Crippen LogP contribution in [0.25, 0.3) is 0 Å². The summed E-state index contributed by atoms with van der Waals surface area (Å²) in [5, 5.41) is 9.55. The maximum absolute atomic E-state index is 12.4. The number of aromatic hydroxyl groups is 1. The molecule has 0 unspecified atom stereocenters. The molecule has 1 aromatic rings. The molecule has 2 rings (SSSR count). The van der Waals surface area contributed by atoms with Crippen LogP contribution in [0, 0.1) is 0 Å². The third-order valence-electron chi connectivity index (χ3n) is 3.81. The summed E-state index contributed by atoms with van der Waals surface area (Å²) in [6, 6.07) is 2.86. The lowest BCUT2D eigenvalue weighted by molar-refractivity contribution is 0.00578.